The third-order valence-electron chi connectivity index (χ3n) is 14.6. The van der Waals surface area contributed by atoms with Crippen molar-refractivity contribution in [3.63, 3.8) is 0 Å². The SMILES string of the molecule is CC(=O)O[C@@]12CO[C@@H]1CC[C@@]1(C)[C@@H]3O[C@H](CN4CC[C@@H]4CO)O[C@@H]3C3=C(C)[C@@H](OC(=O)[C@](C)(O)[C@@H](NC(=O)OC(C)C)C(F)F)C[C@@](O)([C@@H](OC(=O)c4ccccc4)[C@@H]12)C3(C)C. The predicted molar refractivity (Wildman–Crippen MR) is 212 cm³/mol. The molecule has 344 valence electrons. The van der Waals surface area contributed by atoms with Crippen LogP contribution in [-0.2, 0) is 42.7 Å². The Bertz CT molecular complexity index is 1930. The molecule has 3 saturated heterocycles. The van der Waals surface area contributed by atoms with Crippen molar-refractivity contribution in [1.29, 1.82) is 0 Å². The molecule has 13 atom stereocenters. The Morgan fingerprint density at radius 3 is 2.32 bits per heavy atom. The summed E-state index contributed by atoms with van der Waals surface area (Å²) in [6, 6.07) is 5.54. The van der Waals surface area contributed by atoms with Gasteiger partial charge < -0.3 is 53.8 Å². The van der Waals surface area contributed by atoms with Gasteiger partial charge in [-0.3, -0.25) is 9.69 Å². The van der Waals surface area contributed by atoms with Crippen LogP contribution in [0.15, 0.2) is 41.5 Å². The van der Waals surface area contributed by atoms with E-state index >= 15 is 0 Å². The van der Waals surface area contributed by atoms with Gasteiger partial charge in [-0.2, -0.15) is 0 Å². The van der Waals surface area contributed by atoms with Crippen LogP contribution in [0.1, 0.15) is 91.4 Å². The number of ether oxygens (including phenoxy) is 7. The number of likely N-dealkylation sites (tertiary alicyclic amines) is 1. The zero-order valence-corrected chi connectivity index (χ0v) is 36.4. The normalized spacial score (nSPS) is 37.5. The average molecular weight is 879 g/mol. The molecule has 1 aromatic carbocycles. The zero-order chi connectivity index (χ0) is 45.3. The lowest BCUT2D eigenvalue weighted by molar-refractivity contribution is -0.345. The van der Waals surface area contributed by atoms with Crippen molar-refractivity contribution in [2.45, 2.75) is 159 Å². The first-order valence-corrected chi connectivity index (χ1v) is 21.4. The van der Waals surface area contributed by atoms with Crippen LogP contribution in [0.5, 0.6) is 0 Å². The number of aliphatic hydroxyl groups is 3. The minimum Gasteiger partial charge on any atom is -0.456 e. The molecule has 18 heteroatoms. The van der Waals surface area contributed by atoms with Crippen molar-refractivity contribution in [2.75, 3.05) is 26.3 Å². The highest BCUT2D eigenvalue weighted by Gasteiger charge is 2.77. The zero-order valence-electron chi connectivity index (χ0n) is 36.4. The Morgan fingerprint density at radius 2 is 1.76 bits per heavy atom. The number of nitrogens with zero attached hydrogens (tertiary/aromatic N) is 1. The fraction of sp³-hybridized carbons (Fsp3) is 0.727. The van der Waals surface area contributed by atoms with E-state index in [9.17, 15) is 43.3 Å². The highest BCUT2D eigenvalue weighted by molar-refractivity contribution is 5.89. The van der Waals surface area contributed by atoms with Crippen molar-refractivity contribution >= 4 is 24.0 Å². The van der Waals surface area contributed by atoms with Crippen LogP contribution >= 0.6 is 0 Å². The summed E-state index contributed by atoms with van der Waals surface area (Å²) >= 11 is 0. The number of benzene rings is 1. The highest BCUT2D eigenvalue weighted by atomic mass is 19.3. The number of fused-ring (bicyclic) bond motifs is 8. The van der Waals surface area contributed by atoms with E-state index < -0.39 is 119 Å². The molecule has 2 saturated carbocycles. The van der Waals surface area contributed by atoms with Crippen molar-refractivity contribution in [3.8, 4) is 0 Å². The molecule has 4 N–H and O–H groups in total. The molecular formula is C44H60F2N2O14. The molecule has 1 amide bonds. The quantitative estimate of drug-likeness (QED) is 0.135. The summed E-state index contributed by atoms with van der Waals surface area (Å²) in [5.74, 6) is -4.04. The number of alkyl carbamates (subject to hydrolysis) is 1. The van der Waals surface area contributed by atoms with Crippen molar-refractivity contribution < 1.29 is 76.4 Å². The van der Waals surface area contributed by atoms with Gasteiger partial charge in [0, 0.05) is 43.3 Å². The third-order valence-corrected chi connectivity index (χ3v) is 14.6. The second-order valence-corrected chi connectivity index (χ2v) is 19.0. The maximum absolute atomic E-state index is 14.6. The molecule has 7 rings (SSSR count). The van der Waals surface area contributed by atoms with Gasteiger partial charge in [-0.1, -0.05) is 39.0 Å². The highest BCUT2D eigenvalue weighted by Crippen LogP contribution is 2.66. The van der Waals surface area contributed by atoms with Gasteiger partial charge in [0.15, 0.2) is 17.5 Å². The maximum Gasteiger partial charge on any atom is 0.407 e. The van der Waals surface area contributed by atoms with Crippen LogP contribution in [0.2, 0.25) is 0 Å². The van der Waals surface area contributed by atoms with Gasteiger partial charge in [0.2, 0.25) is 0 Å². The molecule has 0 aromatic heterocycles. The molecule has 0 spiro atoms. The molecule has 62 heavy (non-hydrogen) atoms. The number of esters is 3. The van der Waals surface area contributed by atoms with Gasteiger partial charge in [0.05, 0.1) is 36.9 Å². The van der Waals surface area contributed by atoms with Gasteiger partial charge in [0.1, 0.15) is 36.1 Å². The minimum atomic E-state index is -3.46. The first-order chi connectivity index (χ1) is 29.0. The molecule has 0 unspecified atom stereocenters. The van der Waals surface area contributed by atoms with Crippen LogP contribution in [0, 0.1) is 16.7 Å². The van der Waals surface area contributed by atoms with Gasteiger partial charge in [-0.05, 0) is 70.2 Å². The summed E-state index contributed by atoms with van der Waals surface area (Å²) in [6.07, 6.45) is -10.8. The van der Waals surface area contributed by atoms with E-state index in [2.05, 4.69) is 0 Å². The second-order valence-electron chi connectivity index (χ2n) is 19.0. The fourth-order valence-corrected chi connectivity index (χ4v) is 11.1. The van der Waals surface area contributed by atoms with E-state index in [4.69, 9.17) is 33.2 Å². The molecule has 3 aliphatic heterocycles. The Balaban J connectivity index is 1.39. The number of alkyl halides is 2. The monoisotopic (exact) mass is 878 g/mol. The van der Waals surface area contributed by atoms with E-state index in [1.54, 1.807) is 51.1 Å². The summed E-state index contributed by atoms with van der Waals surface area (Å²) in [4.78, 5) is 56.1. The summed E-state index contributed by atoms with van der Waals surface area (Å²) in [5.41, 5.74) is -8.25. The molecule has 6 aliphatic rings. The Kier molecular flexibility index (Phi) is 12.4. The number of halogens is 2. The maximum atomic E-state index is 14.6. The van der Waals surface area contributed by atoms with E-state index in [0.29, 0.717) is 30.5 Å². The summed E-state index contributed by atoms with van der Waals surface area (Å²) < 4.78 is 72.9. The molecule has 2 bridgehead atoms. The van der Waals surface area contributed by atoms with Crippen molar-refractivity contribution in [2.24, 2.45) is 16.7 Å². The first-order valence-electron chi connectivity index (χ1n) is 21.4. The lowest BCUT2D eigenvalue weighted by atomic mass is 9.45. The van der Waals surface area contributed by atoms with E-state index in [1.165, 1.54) is 20.8 Å². The summed E-state index contributed by atoms with van der Waals surface area (Å²) in [7, 11) is 0. The van der Waals surface area contributed by atoms with E-state index in [1.807, 2.05) is 17.1 Å². The van der Waals surface area contributed by atoms with Crippen LogP contribution < -0.4 is 5.32 Å². The Hall–Kier alpha value is -3.78. The van der Waals surface area contributed by atoms with Crippen LogP contribution in [0.3, 0.4) is 0 Å². The molecule has 5 fully saturated rings. The molecule has 1 aromatic rings. The second kappa shape index (κ2) is 16.7. The molecule has 16 nitrogen and oxygen atoms in total. The number of hydrogen-bond donors (Lipinski definition) is 4. The topological polar surface area (TPSA) is 209 Å². The Labute approximate surface area is 359 Å². The third kappa shape index (κ3) is 7.60. The van der Waals surface area contributed by atoms with Gasteiger partial charge in [0.25, 0.3) is 6.43 Å². The van der Waals surface area contributed by atoms with Crippen molar-refractivity contribution in [1.82, 2.24) is 10.2 Å². The van der Waals surface area contributed by atoms with E-state index in [0.717, 1.165) is 13.3 Å². The van der Waals surface area contributed by atoms with Crippen LogP contribution in [0.4, 0.5) is 13.6 Å². The number of nitrogens with one attached hydrogen (secondary N) is 1. The molecule has 0 radical (unpaired) electrons. The van der Waals surface area contributed by atoms with Crippen LogP contribution in [-0.4, -0.2) is 149 Å². The standard InChI is InChI=1S/C44H60F2N2O14/c1-22(2)57-39(53)47-33(36(45)46)42(8,54)38(52)58-27-18-44(55)35(61-37(51)25-12-10-9-11-13-25)32-41(7,16-14-28-43(32,21-56-28)62-24(4)50)34-31(30(23(27)3)40(44,5)6)59-29(60-34)19-48-17-15-26(48)20-49/h9-13,22,26-29,31-36,49,54-55H,14-21H2,1-8H3,(H,47,53)/t26-,27+,28-,29-,31-,32+,33+,34-,35+,41-,42-,43+,44-/m1/s1. The summed E-state index contributed by atoms with van der Waals surface area (Å²) in [5, 5.41) is 37.2. The molecule has 3 aliphatic carbocycles. The number of carbonyl (C=O) groups is 4. The largest absolute Gasteiger partial charge is 0.456 e. The van der Waals surface area contributed by atoms with Crippen molar-refractivity contribution in [3.05, 3.63) is 47.0 Å². The smallest absolute Gasteiger partial charge is 0.407 e. The van der Waals surface area contributed by atoms with Gasteiger partial charge in [-0.25, -0.2) is 23.2 Å². The number of hydrogen-bond acceptors (Lipinski definition) is 15. The van der Waals surface area contributed by atoms with E-state index in [-0.39, 0.29) is 31.4 Å². The van der Waals surface area contributed by atoms with Gasteiger partial charge >= 0.3 is 24.0 Å². The van der Waals surface area contributed by atoms with Crippen LogP contribution in [0.25, 0.3) is 0 Å². The lowest BCUT2D eigenvalue weighted by Crippen LogP contribution is -2.79. The number of aliphatic hydroxyl groups excluding tert-OH is 1. The van der Waals surface area contributed by atoms with Gasteiger partial charge in [-0.15, -0.1) is 0 Å². The predicted octanol–water partition coefficient (Wildman–Crippen LogP) is 3.43. The number of carbonyl (C=O) groups excluding carboxylic acids is 4. The average Bonchev–Trinajstić information content (AvgIpc) is 3.59. The molecule has 3 heterocycles. The lowest BCUT2D eigenvalue weighted by Gasteiger charge is -2.68. The fourth-order valence-electron chi connectivity index (χ4n) is 11.1. The first kappa shape index (κ1) is 46.2. The number of rotatable bonds is 12. The molecular weight excluding hydrogens is 818 g/mol. The number of amides is 1. The minimum absolute atomic E-state index is 0.0673. The Morgan fingerprint density at radius 1 is 1.06 bits per heavy atom. The summed E-state index contributed by atoms with van der Waals surface area (Å²) in [6.45, 7) is 12.9.